The number of nitrogens with one attached hydrogen (secondary N) is 1. The largest absolute Gasteiger partial charge is 0.340 e. The normalized spacial score (nSPS) is 16.9. The number of hydrogen-bond acceptors (Lipinski definition) is 2. The topological polar surface area (TPSA) is 29.9 Å². The van der Waals surface area contributed by atoms with Gasteiger partial charge >= 0.3 is 0 Å². The van der Waals surface area contributed by atoms with Crippen LogP contribution in [0.1, 0.15) is 31.0 Å². The minimum Gasteiger partial charge on any atom is -0.340 e. The summed E-state index contributed by atoms with van der Waals surface area (Å²) < 4.78 is 28.6. The zero-order valence-corrected chi connectivity index (χ0v) is 14.4. The molecule has 2 aromatic heterocycles. The highest BCUT2D eigenvalue weighted by atomic mass is 19.2. The Morgan fingerprint density at radius 2 is 2.04 bits per heavy atom. The molecule has 0 spiro atoms. The lowest BCUT2D eigenvalue weighted by Crippen LogP contribution is -2.14. The highest BCUT2D eigenvalue weighted by molar-refractivity contribution is 5.84. The number of rotatable bonds is 3. The molecule has 130 valence electrons. The van der Waals surface area contributed by atoms with Crippen LogP contribution in [0.4, 0.5) is 20.3 Å². The molecule has 1 N–H and O–H groups in total. The average molecular weight is 341 g/mol. The third kappa shape index (κ3) is 2.77. The zero-order chi connectivity index (χ0) is 17.6. The van der Waals surface area contributed by atoms with Gasteiger partial charge in [0.25, 0.3) is 0 Å². The van der Waals surface area contributed by atoms with Gasteiger partial charge in [-0.15, -0.1) is 0 Å². The van der Waals surface area contributed by atoms with Crippen LogP contribution in [0.5, 0.6) is 0 Å². The second-order valence-electron chi connectivity index (χ2n) is 6.82. The molecule has 0 radical (unpaired) electrons. The third-order valence-corrected chi connectivity index (χ3v) is 5.32. The summed E-state index contributed by atoms with van der Waals surface area (Å²) in [7, 11) is 2.06. The van der Waals surface area contributed by atoms with E-state index in [1.54, 1.807) is 0 Å². The Balaban J connectivity index is 1.71. The highest BCUT2D eigenvalue weighted by Gasteiger charge is 2.24. The molecule has 3 aromatic rings. The van der Waals surface area contributed by atoms with E-state index in [0.29, 0.717) is 11.5 Å². The Bertz CT molecular complexity index is 946. The van der Waals surface area contributed by atoms with Crippen molar-refractivity contribution in [3.8, 4) is 0 Å². The van der Waals surface area contributed by atoms with E-state index in [-0.39, 0.29) is 0 Å². The van der Waals surface area contributed by atoms with Crippen molar-refractivity contribution in [2.24, 2.45) is 13.0 Å². The molecule has 0 fully saturated rings. The van der Waals surface area contributed by atoms with Crippen LogP contribution in [0.25, 0.3) is 11.0 Å². The SMILES string of the molecule is CCC1CCc2c(c3ccc(Nc4ccc(F)c(F)c4)nc3n2C)C1. The van der Waals surface area contributed by atoms with Crippen LogP contribution in [0, 0.1) is 17.6 Å². The minimum absolute atomic E-state index is 0.482. The highest BCUT2D eigenvalue weighted by Crippen LogP contribution is 2.35. The van der Waals surface area contributed by atoms with E-state index < -0.39 is 11.6 Å². The molecule has 0 bridgehead atoms. The maximum atomic E-state index is 13.4. The Labute approximate surface area is 145 Å². The molecule has 0 saturated heterocycles. The Morgan fingerprint density at radius 3 is 2.80 bits per heavy atom. The molecule has 4 rings (SSSR count). The van der Waals surface area contributed by atoms with E-state index in [2.05, 4.69) is 29.9 Å². The summed E-state index contributed by atoms with van der Waals surface area (Å²) in [4.78, 5) is 4.71. The molecule has 25 heavy (non-hydrogen) atoms. The van der Waals surface area contributed by atoms with Gasteiger partial charge in [-0.05, 0) is 55.0 Å². The molecule has 1 unspecified atom stereocenters. The lowest BCUT2D eigenvalue weighted by Gasteiger charge is -2.21. The smallest absolute Gasteiger partial charge is 0.160 e. The minimum atomic E-state index is -0.869. The van der Waals surface area contributed by atoms with E-state index in [4.69, 9.17) is 4.98 Å². The van der Waals surface area contributed by atoms with E-state index in [0.717, 1.165) is 36.5 Å². The van der Waals surface area contributed by atoms with E-state index in [1.165, 1.54) is 35.6 Å². The number of nitrogens with zero attached hydrogens (tertiary/aromatic N) is 2. The Morgan fingerprint density at radius 1 is 1.20 bits per heavy atom. The van der Waals surface area contributed by atoms with Crippen LogP contribution in [-0.4, -0.2) is 9.55 Å². The van der Waals surface area contributed by atoms with Gasteiger partial charge in [-0.3, -0.25) is 0 Å². The number of aromatic nitrogens is 2. The van der Waals surface area contributed by atoms with E-state index in [9.17, 15) is 8.78 Å². The van der Waals surface area contributed by atoms with Crippen LogP contribution in [-0.2, 0) is 19.9 Å². The predicted molar refractivity (Wildman–Crippen MR) is 96.2 cm³/mol. The Hall–Kier alpha value is -2.43. The molecule has 0 aliphatic heterocycles. The van der Waals surface area contributed by atoms with Crippen molar-refractivity contribution in [1.82, 2.24) is 9.55 Å². The summed E-state index contributed by atoms with van der Waals surface area (Å²) in [5.41, 5.74) is 4.21. The van der Waals surface area contributed by atoms with Crippen LogP contribution in [0.3, 0.4) is 0 Å². The van der Waals surface area contributed by atoms with Crippen molar-refractivity contribution in [2.75, 3.05) is 5.32 Å². The fraction of sp³-hybridized carbons (Fsp3) is 0.350. The average Bonchev–Trinajstić information content (AvgIpc) is 2.90. The van der Waals surface area contributed by atoms with Gasteiger partial charge in [0.2, 0.25) is 0 Å². The van der Waals surface area contributed by atoms with E-state index >= 15 is 0 Å². The second-order valence-corrected chi connectivity index (χ2v) is 6.82. The molecule has 0 saturated carbocycles. The van der Waals surface area contributed by atoms with Gasteiger partial charge < -0.3 is 9.88 Å². The van der Waals surface area contributed by atoms with Gasteiger partial charge in [-0.25, -0.2) is 13.8 Å². The van der Waals surface area contributed by atoms with Gasteiger partial charge in [0.05, 0.1) is 0 Å². The lowest BCUT2D eigenvalue weighted by molar-refractivity contribution is 0.439. The van der Waals surface area contributed by atoms with Crippen molar-refractivity contribution >= 4 is 22.5 Å². The van der Waals surface area contributed by atoms with Crippen LogP contribution < -0.4 is 5.32 Å². The lowest BCUT2D eigenvalue weighted by atomic mass is 9.85. The quantitative estimate of drug-likeness (QED) is 0.717. The number of pyridine rings is 1. The summed E-state index contributed by atoms with van der Waals surface area (Å²) in [5, 5.41) is 4.26. The van der Waals surface area contributed by atoms with Crippen molar-refractivity contribution in [3.63, 3.8) is 0 Å². The standard InChI is InChI=1S/C20H21F2N3/c1-3-12-4-8-18-15(10-12)14-6-9-19(24-20(14)25(18)2)23-13-5-7-16(21)17(22)11-13/h5-7,9,11-12H,3-4,8,10H2,1-2H3,(H,23,24). The van der Waals surface area contributed by atoms with Crippen LogP contribution in [0.15, 0.2) is 30.3 Å². The fourth-order valence-electron chi connectivity index (χ4n) is 3.84. The van der Waals surface area contributed by atoms with Crippen molar-refractivity contribution in [3.05, 3.63) is 53.2 Å². The monoisotopic (exact) mass is 341 g/mol. The van der Waals surface area contributed by atoms with Gasteiger partial charge in [0.1, 0.15) is 11.5 Å². The maximum Gasteiger partial charge on any atom is 0.160 e. The first-order valence-corrected chi connectivity index (χ1v) is 8.76. The molecule has 3 nitrogen and oxygen atoms in total. The van der Waals surface area contributed by atoms with Gasteiger partial charge in [0.15, 0.2) is 11.6 Å². The summed E-state index contributed by atoms with van der Waals surface area (Å²) in [6.45, 7) is 2.25. The summed E-state index contributed by atoms with van der Waals surface area (Å²) in [5.74, 6) is -0.345. The molecule has 1 atom stereocenters. The maximum absolute atomic E-state index is 13.4. The van der Waals surface area contributed by atoms with Crippen LogP contribution >= 0.6 is 0 Å². The number of fused-ring (bicyclic) bond motifs is 3. The fourth-order valence-corrected chi connectivity index (χ4v) is 3.84. The molecular weight excluding hydrogens is 320 g/mol. The molecular formula is C20H21F2N3. The first kappa shape index (κ1) is 16.1. The van der Waals surface area contributed by atoms with Gasteiger partial charge in [-0.1, -0.05) is 13.3 Å². The van der Waals surface area contributed by atoms with Gasteiger partial charge in [0, 0.05) is 29.9 Å². The molecule has 0 amide bonds. The number of hydrogen-bond donors (Lipinski definition) is 1. The molecule has 1 aliphatic carbocycles. The third-order valence-electron chi connectivity index (χ3n) is 5.32. The van der Waals surface area contributed by atoms with Crippen molar-refractivity contribution in [1.29, 1.82) is 0 Å². The van der Waals surface area contributed by atoms with Crippen LogP contribution in [0.2, 0.25) is 0 Å². The molecule has 1 aromatic carbocycles. The zero-order valence-electron chi connectivity index (χ0n) is 14.4. The molecule has 1 aliphatic rings. The van der Waals surface area contributed by atoms with Gasteiger partial charge in [-0.2, -0.15) is 0 Å². The summed E-state index contributed by atoms with van der Waals surface area (Å²) in [6, 6.07) is 7.75. The number of anilines is 2. The van der Waals surface area contributed by atoms with E-state index in [1.807, 2.05) is 6.07 Å². The number of benzene rings is 1. The second kappa shape index (κ2) is 6.14. The van der Waals surface area contributed by atoms with Crippen molar-refractivity contribution < 1.29 is 8.78 Å². The summed E-state index contributed by atoms with van der Waals surface area (Å²) in [6.07, 6.45) is 4.64. The Kier molecular flexibility index (Phi) is 3.94. The first-order chi connectivity index (χ1) is 12.1. The summed E-state index contributed by atoms with van der Waals surface area (Å²) >= 11 is 0. The molecule has 5 heteroatoms. The van der Waals surface area contributed by atoms with Crippen molar-refractivity contribution in [2.45, 2.75) is 32.6 Å². The number of aryl methyl sites for hydroxylation is 1. The molecule has 2 heterocycles. The predicted octanol–water partition coefficient (Wildman–Crippen LogP) is 5.11. The first-order valence-electron chi connectivity index (χ1n) is 8.76. The number of halogens is 2.